The number of H-pyrrole nitrogens is 1. The number of Topliss-reactive ketones (excluding diaryl/α,β-unsaturated/α-hetero) is 2. The second kappa shape index (κ2) is 6.30. The molecule has 3 rings (SSSR count). The third-order valence-electron chi connectivity index (χ3n) is 3.30. The molecule has 0 radical (unpaired) electrons. The predicted octanol–water partition coefficient (Wildman–Crippen LogP) is 1.52. The van der Waals surface area contributed by atoms with Crippen LogP contribution in [-0.2, 0) is 17.6 Å². The van der Waals surface area contributed by atoms with Gasteiger partial charge in [-0.1, -0.05) is 18.2 Å². The number of hydrogen-bond acceptors (Lipinski definition) is 6. The molecule has 0 bridgehead atoms. The van der Waals surface area contributed by atoms with E-state index in [2.05, 4.69) is 20.6 Å². The van der Waals surface area contributed by atoms with Gasteiger partial charge in [-0.15, -0.1) is 10.2 Å². The fourth-order valence-electron chi connectivity index (χ4n) is 2.13. The lowest BCUT2D eigenvalue weighted by Crippen LogP contribution is -2.18. The molecule has 0 spiro atoms. The normalized spacial score (nSPS) is 10.7. The van der Waals surface area contributed by atoms with Crippen molar-refractivity contribution in [3.05, 3.63) is 65.1 Å². The largest absolute Gasteiger partial charge is 0.469 e. The number of furan rings is 1. The average Bonchev–Trinajstić information content (AvgIpc) is 3.21. The Morgan fingerprint density at radius 1 is 1.17 bits per heavy atom. The summed E-state index contributed by atoms with van der Waals surface area (Å²) in [5.74, 6) is -1.73. The lowest BCUT2D eigenvalue weighted by Gasteiger charge is -2.03. The van der Waals surface area contributed by atoms with Gasteiger partial charge in [0.25, 0.3) is 5.78 Å². The highest BCUT2D eigenvalue weighted by Gasteiger charge is 2.22. The molecule has 1 aromatic carbocycles. The summed E-state index contributed by atoms with van der Waals surface area (Å²) in [4.78, 5) is 23.8. The Bertz CT molecular complexity index is 842. The molecule has 2 aromatic heterocycles. The van der Waals surface area contributed by atoms with Gasteiger partial charge in [-0.2, -0.15) is 5.21 Å². The summed E-state index contributed by atoms with van der Waals surface area (Å²) < 4.78 is 19.0. The molecule has 0 atom stereocenters. The predicted molar refractivity (Wildman–Crippen MR) is 75.1 cm³/mol. The van der Waals surface area contributed by atoms with Gasteiger partial charge in [-0.25, -0.2) is 4.39 Å². The van der Waals surface area contributed by atoms with Crippen molar-refractivity contribution >= 4 is 11.6 Å². The van der Waals surface area contributed by atoms with E-state index in [9.17, 15) is 14.0 Å². The Hall–Kier alpha value is -3.16. The van der Waals surface area contributed by atoms with Crippen LogP contribution in [-0.4, -0.2) is 32.2 Å². The van der Waals surface area contributed by atoms with Crippen LogP contribution < -0.4 is 0 Å². The third kappa shape index (κ3) is 3.20. The monoisotopic (exact) mass is 314 g/mol. The molecule has 2 heterocycles. The van der Waals surface area contributed by atoms with E-state index in [0.29, 0.717) is 16.9 Å². The van der Waals surface area contributed by atoms with Crippen LogP contribution in [0.2, 0.25) is 0 Å². The van der Waals surface area contributed by atoms with Crippen LogP contribution in [0.25, 0.3) is 0 Å². The minimum atomic E-state index is -0.836. The molecule has 0 saturated heterocycles. The summed E-state index contributed by atoms with van der Waals surface area (Å²) in [5, 5.41) is 12.3. The van der Waals surface area contributed by atoms with Gasteiger partial charge in [0, 0.05) is 18.4 Å². The summed E-state index contributed by atoms with van der Waals surface area (Å²) in [6, 6.07) is 7.87. The van der Waals surface area contributed by atoms with Gasteiger partial charge in [-0.3, -0.25) is 9.59 Å². The smallest absolute Gasteiger partial charge is 0.269 e. The minimum Gasteiger partial charge on any atom is -0.469 e. The fourth-order valence-corrected chi connectivity index (χ4v) is 2.13. The molecular formula is C15H11FN4O3. The number of aromatic amines is 1. The fraction of sp³-hybridized carbons (Fsp3) is 0.133. The molecule has 0 unspecified atom stereocenters. The van der Waals surface area contributed by atoms with Crippen LogP contribution in [0, 0.1) is 5.82 Å². The van der Waals surface area contributed by atoms with E-state index in [4.69, 9.17) is 4.42 Å². The molecule has 0 saturated carbocycles. The number of carbonyl (C=O) groups is 2. The summed E-state index contributed by atoms with van der Waals surface area (Å²) >= 11 is 0. The maximum atomic E-state index is 13.7. The van der Waals surface area contributed by atoms with Crippen LogP contribution in [0.4, 0.5) is 4.39 Å². The number of ketones is 2. The molecule has 0 aliphatic carbocycles. The maximum Gasteiger partial charge on any atom is 0.269 e. The second-order valence-corrected chi connectivity index (χ2v) is 4.80. The molecule has 1 N–H and O–H groups in total. The molecule has 23 heavy (non-hydrogen) atoms. The first-order valence-electron chi connectivity index (χ1n) is 6.75. The molecule has 7 nitrogen and oxygen atoms in total. The van der Waals surface area contributed by atoms with E-state index < -0.39 is 11.6 Å². The number of halogens is 1. The molecule has 0 fully saturated rings. The lowest BCUT2D eigenvalue weighted by molar-refractivity contribution is -0.114. The van der Waals surface area contributed by atoms with E-state index >= 15 is 0 Å². The molecule has 116 valence electrons. The summed E-state index contributed by atoms with van der Waals surface area (Å²) in [6.45, 7) is 0. The second-order valence-electron chi connectivity index (χ2n) is 4.80. The lowest BCUT2D eigenvalue weighted by atomic mass is 10.0. The van der Waals surface area contributed by atoms with Gasteiger partial charge in [-0.05, 0) is 22.9 Å². The van der Waals surface area contributed by atoms with E-state index in [1.807, 2.05) is 0 Å². The third-order valence-corrected chi connectivity index (χ3v) is 3.30. The van der Waals surface area contributed by atoms with Crippen LogP contribution in [0.3, 0.4) is 0 Å². The van der Waals surface area contributed by atoms with Crippen molar-refractivity contribution in [3.8, 4) is 0 Å². The van der Waals surface area contributed by atoms with Gasteiger partial charge < -0.3 is 4.42 Å². The van der Waals surface area contributed by atoms with Gasteiger partial charge in [0.05, 0.1) is 6.26 Å². The molecule has 0 amide bonds. The number of hydrogen-bond donors (Lipinski definition) is 1. The highest BCUT2D eigenvalue weighted by atomic mass is 19.1. The Morgan fingerprint density at radius 2 is 2.00 bits per heavy atom. The maximum absolute atomic E-state index is 13.7. The average molecular weight is 314 g/mol. The van der Waals surface area contributed by atoms with Gasteiger partial charge in [0.2, 0.25) is 11.6 Å². The number of benzene rings is 1. The zero-order chi connectivity index (χ0) is 16.2. The van der Waals surface area contributed by atoms with Crippen molar-refractivity contribution in [2.24, 2.45) is 0 Å². The number of carbonyl (C=O) groups excluding carboxylic acids is 2. The van der Waals surface area contributed by atoms with Crippen LogP contribution in [0.1, 0.15) is 27.5 Å². The molecule has 0 aliphatic rings. The first kappa shape index (κ1) is 14.8. The summed E-state index contributed by atoms with van der Waals surface area (Å²) in [5.41, 5.74) is 0.968. The van der Waals surface area contributed by atoms with Gasteiger partial charge >= 0.3 is 0 Å². The highest BCUT2D eigenvalue weighted by Crippen LogP contribution is 2.18. The van der Waals surface area contributed by atoms with Crippen LogP contribution >= 0.6 is 0 Å². The SMILES string of the molecule is O=C(Cc1ccoc1Cc1ccccc1F)C(=O)c1nn[nH]n1. The Kier molecular flexibility index (Phi) is 4.05. The zero-order valence-electron chi connectivity index (χ0n) is 11.8. The van der Waals surface area contributed by atoms with Crippen molar-refractivity contribution in [2.45, 2.75) is 12.8 Å². The van der Waals surface area contributed by atoms with Crippen molar-refractivity contribution in [1.29, 1.82) is 0 Å². The quantitative estimate of drug-likeness (QED) is 0.546. The molecule has 3 aromatic rings. The van der Waals surface area contributed by atoms with E-state index in [0.717, 1.165) is 0 Å². The van der Waals surface area contributed by atoms with E-state index in [-0.39, 0.29) is 24.5 Å². The van der Waals surface area contributed by atoms with Crippen molar-refractivity contribution in [1.82, 2.24) is 20.6 Å². The van der Waals surface area contributed by atoms with Crippen LogP contribution in [0.5, 0.6) is 0 Å². The van der Waals surface area contributed by atoms with Gasteiger partial charge in [0.1, 0.15) is 11.6 Å². The van der Waals surface area contributed by atoms with Crippen molar-refractivity contribution in [2.75, 3.05) is 0 Å². The summed E-state index contributed by atoms with van der Waals surface area (Å²) in [7, 11) is 0. The zero-order valence-corrected chi connectivity index (χ0v) is 11.8. The number of aromatic nitrogens is 4. The topological polar surface area (TPSA) is 102 Å². The number of nitrogens with zero attached hydrogens (tertiary/aromatic N) is 3. The standard InChI is InChI=1S/C15H11FN4O3/c16-11-4-2-1-3-9(11)8-13-10(5-6-23-13)7-12(21)14(22)15-17-19-20-18-15/h1-6H,7-8H2,(H,17,18,19,20). The molecule has 0 aliphatic heterocycles. The van der Waals surface area contributed by atoms with Gasteiger partial charge in [0.15, 0.2) is 0 Å². The first-order chi connectivity index (χ1) is 11.1. The number of rotatable bonds is 6. The molecule has 8 heteroatoms. The Labute approximate surface area is 129 Å². The van der Waals surface area contributed by atoms with Crippen molar-refractivity contribution in [3.63, 3.8) is 0 Å². The molecular weight excluding hydrogens is 303 g/mol. The highest BCUT2D eigenvalue weighted by molar-refractivity contribution is 6.43. The van der Waals surface area contributed by atoms with Crippen molar-refractivity contribution < 1.29 is 18.4 Å². The Morgan fingerprint density at radius 3 is 2.74 bits per heavy atom. The number of tetrazole rings is 1. The minimum absolute atomic E-state index is 0.173. The summed E-state index contributed by atoms with van der Waals surface area (Å²) in [6.07, 6.45) is 1.42. The Balaban J connectivity index is 1.75. The first-order valence-corrected chi connectivity index (χ1v) is 6.75. The van der Waals surface area contributed by atoms with Crippen LogP contribution in [0.15, 0.2) is 41.0 Å². The van der Waals surface area contributed by atoms with E-state index in [1.165, 1.54) is 12.3 Å². The number of nitrogens with one attached hydrogen (secondary N) is 1. The van der Waals surface area contributed by atoms with E-state index in [1.54, 1.807) is 24.3 Å².